The maximum absolute atomic E-state index is 11.7. The van der Waals surface area contributed by atoms with Crippen LogP contribution in [0.2, 0.25) is 0 Å². The number of nitriles is 2. The Labute approximate surface area is 171 Å². The minimum absolute atomic E-state index is 0.0669. The Balaban J connectivity index is 1.63. The van der Waals surface area contributed by atoms with Gasteiger partial charge in [0.2, 0.25) is 11.8 Å². The van der Waals surface area contributed by atoms with Gasteiger partial charge in [0.25, 0.3) is 0 Å². The van der Waals surface area contributed by atoms with Gasteiger partial charge in [0, 0.05) is 0 Å². The van der Waals surface area contributed by atoms with Crippen LogP contribution in [0.5, 0.6) is 0 Å². The molecule has 0 aliphatic rings. The third-order valence-electron chi connectivity index (χ3n) is 3.35. The van der Waals surface area contributed by atoms with Gasteiger partial charge >= 0.3 is 0 Å². The highest BCUT2D eigenvalue weighted by Gasteiger charge is 2.04. The monoisotopic (exact) mass is 404 g/mol. The van der Waals surface area contributed by atoms with E-state index in [1.165, 1.54) is 12.4 Å². The summed E-state index contributed by atoms with van der Waals surface area (Å²) in [7, 11) is 0. The van der Waals surface area contributed by atoms with Crippen molar-refractivity contribution in [3.05, 3.63) is 70.8 Å². The van der Waals surface area contributed by atoms with E-state index < -0.39 is 0 Å². The van der Waals surface area contributed by atoms with Crippen molar-refractivity contribution in [2.24, 2.45) is 10.2 Å². The van der Waals surface area contributed by atoms with Crippen molar-refractivity contribution in [1.29, 1.82) is 10.5 Å². The number of nitrogens with zero attached hydrogens (tertiary/aromatic N) is 4. The molecule has 0 radical (unpaired) electrons. The van der Waals surface area contributed by atoms with E-state index in [-0.39, 0.29) is 23.3 Å². The van der Waals surface area contributed by atoms with Gasteiger partial charge in [-0.25, -0.2) is 10.9 Å². The number of carbonyl (C=O) groups excluding carboxylic acids is 2. The molecule has 0 aliphatic carbocycles. The molecule has 2 rings (SSSR count). The number of hydrogen-bond donors (Lipinski definition) is 2. The summed E-state index contributed by atoms with van der Waals surface area (Å²) < 4.78 is 0. The van der Waals surface area contributed by atoms with Gasteiger partial charge < -0.3 is 0 Å². The van der Waals surface area contributed by atoms with Crippen molar-refractivity contribution in [3.8, 4) is 12.1 Å². The minimum atomic E-state index is -0.339. The highest BCUT2D eigenvalue weighted by molar-refractivity contribution is 8.00. The van der Waals surface area contributed by atoms with Crippen LogP contribution in [-0.4, -0.2) is 35.7 Å². The lowest BCUT2D eigenvalue weighted by molar-refractivity contribution is -0.118. The summed E-state index contributed by atoms with van der Waals surface area (Å²) in [5.74, 6) is -0.544. The van der Waals surface area contributed by atoms with Gasteiger partial charge in [0.1, 0.15) is 0 Å². The van der Waals surface area contributed by atoms with Gasteiger partial charge in [-0.3, -0.25) is 9.59 Å². The van der Waals surface area contributed by atoms with E-state index in [0.29, 0.717) is 11.1 Å². The molecule has 0 saturated carbocycles. The minimum Gasteiger partial charge on any atom is -0.272 e. The molecule has 2 aromatic carbocycles. The molecule has 0 unspecified atom stereocenters. The molecule has 2 amide bonds. The van der Waals surface area contributed by atoms with E-state index in [1.807, 2.05) is 12.1 Å². The average molecular weight is 404 g/mol. The summed E-state index contributed by atoms with van der Waals surface area (Å²) in [6.07, 6.45) is 2.93. The largest absolute Gasteiger partial charge is 0.272 e. The van der Waals surface area contributed by atoms with Gasteiger partial charge in [-0.05, 0) is 35.4 Å². The summed E-state index contributed by atoms with van der Waals surface area (Å²) in [4.78, 5) is 23.4. The predicted molar refractivity (Wildman–Crippen MR) is 111 cm³/mol. The summed E-state index contributed by atoms with van der Waals surface area (Å²) in [6, 6.07) is 17.5. The first-order chi connectivity index (χ1) is 14.1. The molecule has 0 aliphatic heterocycles. The van der Waals surface area contributed by atoms with Crippen molar-refractivity contribution >= 4 is 36.0 Å². The molecule has 0 aromatic heterocycles. The fourth-order valence-electron chi connectivity index (χ4n) is 1.95. The normalized spacial score (nSPS) is 10.4. The number of benzene rings is 2. The summed E-state index contributed by atoms with van der Waals surface area (Å²) >= 11 is 1.13. The van der Waals surface area contributed by atoms with E-state index >= 15 is 0 Å². The van der Waals surface area contributed by atoms with Crippen LogP contribution in [0.3, 0.4) is 0 Å². The van der Waals surface area contributed by atoms with Crippen LogP contribution >= 0.6 is 11.8 Å². The lowest BCUT2D eigenvalue weighted by Crippen LogP contribution is -2.23. The predicted octanol–water partition coefficient (Wildman–Crippen LogP) is 1.76. The molecule has 2 N–H and O–H groups in total. The van der Waals surface area contributed by atoms with E-state index in [2.05, 4.69) is 21.1 Å². The highest BCUT2D eigenvalue weighted by atomic mass is 32.2. The van der Waals surface area contributed by atoms with Gasteiger partial charge in [-0.2, -0.15) is 20.7 Å². The van der Waals surface area contributed by atoms with Crippen molar-refractivity contribution < 1.29 is 9.59 Å². The number of hydrazone groups is 2. The molecule has 9 heteroatoms. The molecule has 0 fully saturated rings. The van der Waals surface area contributed by atoms with Crippen LogP contribution in [0.25, 0.3) is 0 Å². The van der Waals surface area contributed by atoms with Crippen molar-refractivity contribution in [1.82, 2.24) is 10.9 Å². The molecular formula is C20H16N6O2S. The van der Waals surface area contributed by atoms with Crippen molar-refractivity contribution in [2.75, 3.05) is 11.5 Å². The van der Waals surface area contributed by atoms with Gasteiger partial charge in [-0.15, -0.1) is 11.8 Å². The van der Waals surface area contributed by atoms with Crippen LogP contribution < -0.4 is 10.9 Å². The van der Waals surface area contributed by atoms with Crippen LogP contribution in [0.1, 0.15) is 22.3 Å². The van der Waals surface area contributed by atoms with E-state index in [0.717, 1.165) is 22.9 Å². The van der Waals surface area contributed by atoms with Gasteiger partial charge in [-0.1, -0.05) is 24.3 Å². The number of amides is 2. The topological polar surface area (TPSA) is 130 Å². The third kappa shape index (κ3) is 8.08. The zero-order chi connectivity index (χ0) is 20.9. The Bertz CT molecular complexity index is 904. The molecular weight excluding hydrogens is 388 g/mol. The Morgan fingerprint density at radius 2 is 1.17 bits per heavy atom. The smallest absolute Gasteiger partial charge is 0.250 e. The summed E-state index contributed by atoms with van der Waals surface area (Å²) in [5, 5.41) is 25.1. The molecule has 0 bridgehead atoms. The van der Waals surface area contributed by atoms with E-state index in [4.69, 9.17) is 10.5 Å². The Hall–Kier alpha value is -3.95. The third-order valence-corrected chi connectivity index (χ3v) is 4.28. The first-order valence-corrected chi connectivity index (χ1v) is 9.48. The fraction of sp³-hybridized carbons (Fsp3) is 0.100. The van der Waals surface area contributed by atoms with Crippen LogP contribution in [0, 0.1) is 22.7 Å². The number of hydrogen-bond acceptors (Lipinski definition) is 7. The van der Waals surface area contributed by atoms with Crippen LogP contribution in [-0.2, 0) is 9.59 Å². The molecule has 8 nitrogen and oxygen atoms in total. The standard InChI is InChI=1S/C20H16N6O2S/c21-9-15-1-5-17(6-2-15)11-23-25-19(27)13-29-14-20(28)26-24-12-18-7-3-16(10-22)4-8-18/h1-8,11-12H,13-14H2,(H,25,27)(H,26,28)/b23-11+,24-12+. The van der Waals surface area contributed by atoms with Crippen molar-refractivity contribution in [2.45, 2.75) is 0 Å². The molecule has 0 spiro atoms. The second-order valence-electron chi connectivity index (χ2n) is 5.55. The number of nitrogens with one attached hydrogen (secondary N) is 2. The maximum atomic E-state index is 11.7. The molecule has 0 atom stereocenters. The molecule has 0 heterocycles. The SMILES string of the molecule is N#Cc1ccc(/C=N/NC(=O)CSCC(=O)N/N=C/c2ccc(C#N)cc2)cc1. The zero-order valence-electron chi connectivity index (χ0n) is 15.2. The Morgan fingerprint density at radius 1 is 0.793 bits per heavy atom. The Kier molecular flexibility index (Phi) is 8.61. The summed E-state index contributed by atoms with van der Waals surface area (Å²) in [6.45, 7) is 0. The van der Waals surface area contributed by atoms with Gasteiger partial charge in [0.05, 0.1) is 47.2 Å². The van der Waals surface area contributed by atoms with Crippen LogP contribution in [0.4, 0.5) is 0 Å². The first-order valence-electron chi connectivity index (χ1n) is 8.32. The Morgan fingerprint density at radius 3 is 1.52 bits per heavy atom. The lowest BCUT2D eigenvalue weighted by Gasteiger charge is -2.01. The maximum Gasteiger partial charge on any atom is 0.250 e. The number of rotatable bonds is 8. The van der Waals surface area contributed by atoms with Crippen molar-refractivity contribution in [3.63, 3.8) is 0 Å². The number of carbonyl (C=O) groups is 2. The molecule has 144 valence electrons. The number of thioether (sulfide) groups is 1. The quantitative estimate of drug-likeness (QED) is 0.511. The lowest BCUT2D eigenvalue weighted by atomic mass is 10.2. The van der Waals surface area contributed by atoms with E-state index in [9.17, 15) is 9.59 Å². The zero-order valence-corrected chi connectivity index (χ0v) is 16.0. The second kappa shape index (κ2) is 11.7. The second-order valence-corrected chi connectivity index (χ2v) is 6.53. The van der Waals surface area contributed by atoms with Crippen LogP contribution in [0.15, 0.2) is 58.7 Å². The average Bonchev–Trinajstić information content (AvgIpc) is 2.75. The fourth-order valence-corrected chi connectivity index (χ4v) is 2.55. The highest BCUT2D eigenvalue weighted by Crippen LogP contribution is 2.02. The molecule has 29 heavy (non-hydrogen) atoms. The first kappa shape index (κ1) is 21.4. The summed E-state index contributed by atoms with van der Waals surface area (Å²) in [5.41, 5.74) is 7.32. The molecule has 2 aromatic rings. The van der Waals surface area contributed by atoms with E-state index in [1.54, 1.807) is 48.5 Å². The molecule has 0 saturated heterocycles. The van der Waals surface area contributed by atoms with Gasteiger partial charge in [0.15, 0.2) is 0 Å².